The molecule has 2 saturated carbocycles. The van der Waals surface area contributed by atoms with Gasteiger partial charge in [-0.05, 0) is 42.4 Å². The van der Waals surface area contributed by atoms with Crippen molar-refractivity contribution in [3.63, 3.8) is 0 Å². The first-order valence-corrected chi connectivity index (χ1v) is 6.76. The number of hydrogen-bond donors (Lipinski definition) is 1. The molecule has 0 aromatic carbocycles. The summed E-state index contributed by atoms with van der Waals surface area (Å²) in [6, 6.07) is 0.195. The van der Waals surface area contributed by atoms with Gasteiger partial charge in [0.15, 0.2) is 0 Å². The van der Waals surface area contributed by atoms with Gasteiger partial charge in [-0.1, -0.05) is 20.8 Å². The van der Waals surface area contributed by atoms with E-state index < -0.39 is 5.97 Å². The fourth-order valence-electron chi connectivity index (χ4n) is 3.90. The predicted octanol–water partition coefficient (Wildman–Crippen LogP) is 0.847. The summed E-state index contributed by atoms with van der Waals surface area (Å²) in [5.74, 6) is -0.646. The van der Waals surface area contributed by atoms with Crippen LogP contribution in [0.5, 0.6) is 0 Å². The van der Waals surface area contributed by atoms with Crippen molar-refractivity contribution in [1.29, 1.82) is 0 Å². The van der Waals surface area contributed by atoms with Crippen molar-refractivity contribution in [2.75, 3.05) is 0 Å². The molecule has 2 aliphatic carbocycles. The van der Waals surface area contributed by atoms with Crippen LogP contribution in [0.25, 0.3) is 0 Å². The van der Waals surface area contributed by atoms with Crippen LogP contribution in [0.4, 0.5) is 0 Å². The van der Waals surface area contributed by atoms with Gasteiger partial charge < -0.3 is 15.2 Å². The topological polar surface area (TPSA) is 69.2 Å². The zero-order valence-corrected chi connectivity index (χ0v) is 11.4. The van der Waals surface area contributed by atoms with Gasteiger partial charge in [0.25, 0.3) is 0 Å². The van der Waals surface area contributed by atoms with E-state index in [1.54, 1.807) is 0 Å². The molecule has 1 amide bonds. The second-order valence-corrected chi connectivity index (χ2v) is 6.60. The van der Waals surface area contributed by atoms with Crippen molar-refractivity contribution >= 4 is 11.9 Å². The molecule has 0 saturated heterocycles. The lowest BCUT2D eigenvalue weighted by atomic mass is 9.69. The minimum atomic E-state index is -1.16. The van der Waals surface area contributed by atoms with Crippen LogP contribution in [0.2, 0.25) is 0 Å². The van der Waals surface area contributed by atoms with Crippen molar-refractivity contribution < 1.29 is 14.7 Å². The molecule has 0 heterocycles. The van der Waals surface area contributed by atoms with E-state index in [9.17, 15) is 14.7 Å². The summed E-state index contributed by atoms with van der Waals surface area (Å²) in [4.78, 5) is 22.1. The summed E-state index contributed by atoms with van der Waals surface area (Å²) in [5.41, 5.74) is 0.411. The minimum absolute atomic E-state index is 0.0278. The largest absolute Gasteiger partial charge is 0.550 e. The molecular weight excluding hydrogens is 230 g/mol. The zero-order valence-electron chi connectivity index (χ0n) is 11.4. The Kier molecular flexibility index (Phi) is 3.16. The van der Waals surface area contributed by atoms with Gasteiger partial charge >= 0.3 is 0 Å². The summed E-state index contributed by atoms with van der Waals surface area (Å²) in [6.45, 7) is 6.83. The Morgan fingerprint density at radius 3 is 2.39 bits per heavy atom. The van der Waals surface area contributed by atoms with E-state index in [1.165, 1.54) is 6.42 Å². The smallest absolute Gasteiger partial charge is 0.220 e. The van der Waals surface area contributed by atoms with Crippen LogP contribution >= 0.6 is 0 Å². The fourth-order valence-corrected chi connectivity index (χ4v) is 3.90. The highest BCUT2D eigenvalue weighted by Gasteiger charge is 2.61. The van der Waals surface area contributed by atoms with Crippen molar-refractivity contribution in [1.82, 2.24) is 5.32 Å². The lowest BCUT2D eigenvalue weighted by molar-refractivity contribution is -0.305. The highest BCUT2D eigenvalue weighted by molar-refractivity contribution is 5.80. The van der Waals surface area contributed by atoms with E-state index in [-0.39, 0.29) is 35.6 Å². The number of carboxylic acids is 1. The Balaban J connectivity index is 1.96. The third kappa shape index (κ3) is 1.91. The third-order valence-corrected chi connectivity index (χ3v) is 5.69. The molecule has 0 aliphatic heterocycles. The molecule has 1 N–H and O–H groups in total. The van der Waals surface area contributed by atoms with E-state index in [0.29, 0.717) is 5.92 Å². The molecule has 4 nitrogen and oxygen atoms in total. The van der Waals surface area contributed by atoms with E-state index in [4.69, 9.17) is 0 Å². The molecule has 0 spiro atoms. The van der Waals surface area contributed by atoms with Crippen LogP contribution in [0.3, 0.4) is 0 Å². The highest BCUT2D eigenvalue weighted by Crippen LogP contribution is 2.65. The molecule has 102 valence electrons. The van der Waals surface area contributed by atoms with E-state index in [0.717, 1.165) is 12.8 Å². The number of carboxylic acid groups (broad SMARTS) is 1. The molecule has 4 heteroatoms. The molecule has 2 rings (SSSR count). The minimum Gasteiger partial charge on any atom is -0.550 e. The SMILES string of the molecule is CC1(C)[C@H]2CC[C@@]1(C)[C@H](NC(=O)CCC(=O)[O-])C2. The number of aliphatic carboxylic acids is 1. The summed E-state index contributed by atoms with van der Waals surface area (Å²) in [6.07, 6.45) is 3.26. The number of hydrogen-bond acceptors (Lipinski definition) is 3. The van der Waals surface area contributed by atoms with Gasteiger partial charge in [-0.15, -0.1) is 0 Å². The van der Waals surface area contributed by atoms with Crippen LogP contribution in [-0.4, -0.2) is 17.9 Å². The van der Waals surface area contributed by atoms with Crippen molar-refractivity contribution in [3.05, 3.63) is 0 Å². The Morgan fingerprint density at radius 1 is 1.28 bits per heavy atom. The second kappa shape index (κ2) is 4.25. The molecule has 0 aromatic heterocycles. The standard InChI is InChI=1S/C14H23NO3/c1-13(2)9-6-7-14(13,3)10(8-9)15-11(16)4-5-12(17)18/h9-10H,4-8H2,1-3H3,(H,15,16)(H,17,18)/p-1/t9-,10+,14-/m0/s1. The quantitative estimate of drug-likeness (QED) is 0.806. The van der Waals surface area contributed by atoms with E-state index in [1.807, 2.05) is 0 Å². The third-order valence-electron chi connectivity index (χ3n) is 5.69. The van der Waals surface area contributed by atoms with Gasteiger partial charge in [0.2, 0.25) is 5.91 Å². The monoisotopic (exact) mass is 252 g/mol. The maximum absolute atomic E-state index is 11.7. The molecule has 3 atom stereocenters. The van der Waals surface area contributed by atoms with Crippen LogP contribution in [-0.2, 0) is 9.59 Å². The first kappa shape index (κ1) is 13.4. The Morgan fingerprint density at radius 2 is 1.94 bits per heavy atom. The average Bonchev–Trinajstić information content (AvgIpc) is 2.59. The molecule has 2 aliphatic rings. The molecule has 2 bridgehead atoms. The summed E-state index contributed by atoms with van der Waals surface area (Å²) >= 11 is 0. The number of fused-ring (bicyclic) bond motifs is 2. The second-order valence-electron chi connectivity index (χ2n) is 6.60. The van der Waals surface area contributed by atoms with Gasteiger partial charge in [0, 0.05) is 18.4 Å². The number of nitrogens with one attached hydrogen (secondary N) is 1. The van der Waals surface area contributed by atoms with Crippen LogP contribution < -0.4 is 10.4 Å². The lowest BCUT2D eigenvalue weighted by Crippen LogP contribution is -2.47. The summed E-state index contributed by atoms with van der Waals surface area (Å²) in [7, 11) is 0. The number of carbonyl (C=O) groups excluding carboxylic acids is 2. The van der Waals surface area contributed by atoms with Gasteiger partial charge in [0.05, 0.1) is 0 Å². The van der Waals surface area contributed by atoms with Gasteiger partial charge in [0.1, 0.15) is 0 Å². The summed E-state index contributed by atoms with van der Waals surface area (Å²) < 4.78 is 0. The average molecular weight is 252 g/mol. The maximum Gasteiger partial charge on any atom is 0.220 e. The first-order chi connectivity index (χ1) is 8.27. The molecule has 0 aromatic rings. The summed E-state index contributed by atoms with van der Waals surface area (Å²) in [5, 5.41) is 13.4. The first-order valence-electron chi connectivity index (χ1n) is 6.76. The maximum atomic E-state index is 11.7. The molecule has 18 heavy (non-hydrogen) atoms. The van der Waals surface area contributed by atoms with Crippen LogP contribution in [0.1, 0.15) is 52.9 Å². The van der Waals surface area contributed by atoms with Gasteiger partial charge in [-0.25, -0.2) is 0 Å². The number of rotatable bonds is 4. The van der Waals surface area contributed by atoms with Crippen molar-refractivity contribution in [3.8, 4) is 0 Å². The Bertz CT molecular complexity index is 377. The molecule has 2 fully saturated rings. The van der Waals surface area contributed by atoms with Crippen LogP contribution in [0.15, 0.2) is 0 Å². The van der Waals surface area contributed by atoms with Crippen LogP contribution in [0, 0.1) is 16.7 Å². The predicted molar refractivity (Wildman–Crippen MR) is 65.4 cm³/mol. The molecular formula is C14H22NO3-. The normalized spacial score (nSPS) is 36.6. The lowest BCUT2D eigenvalue weighted by Gasteiger charge is -2.39. The Labute approximate surface area is 108 Å². The van der Waals surface area contributed by atoms with Crippen molar-refractivity contribution in [2.24, 2.45) is 16.7 Å². The number of amides is 1. The molecule has 0 radical (unpaired) electrons. The highest BCUT2D eigenvalue weighted by atomic mass is 16.4. The van der Waals surface area contributed by atoms with E-state index >= 15 is 0 Å². The Hall–Kier alpha value is -1.06. The van der Waals surface area contributed by atoms with Crippen molar-refractivity contribution in [2.45, 2.75) is 58.9 Å². The fraction of sp³-hybridized carbons (Fsp3) is 0.857. The van der Waals surface area contributed by atoms with Gasteiger partial charge in [-0.2, -0.15) is 0 Å². The van der Waals surface area contributed by atoms with E-state index in [2.05, 4.69) is 26.1 Å². The zero-order chi connectivity index (χ0) is 13.6. The number of carbonyl (C=O) groups is 2. The van der Waals surface area contributed by atoms with Gasteiger partial charge in [-0.3, -0.25) is 4.79 Å². The molecule has 0 unspecified atom stereocenters.